The van der Waals surface area contributed by atoms with Crippen molar-refractivity contribution < 1.29 is 23.1 Å². The smallest absolute Gasteiger partial charge is 0.240 e. The summed E-state index contributed by atoms with van der Waals surface area (Å²) in [6.07, 6.45) is 3.74. The molecule has 1 aliphatic rings. The highest BCUT2D eigenvalue weighted by molar-refractivity contribution is 7.89. The molecule has 0 fully saturated rings. The summed E-state index contributed by atoms with van der Waals surface area (Å²) in [4.78, 5) is 12.9. The molecule has 1 aliphatic heterocycles. The van der Waals surface area contributed by atoms with Gasteiger partial charge in [0.2, 0.25) is 15.9 Å². The highest BCUT2D eigenvalue weighted by Gasteiger charge is 2.29. The van der Waals surface area contributed by atoms with Gasteiger partial charge in [0.15, 0.2) is 0 Å². The van der Waals surface area contributed by atoms with Gasteiger partial charge in [-0.25, -0.2) is 13.1 Å². The maximum atomic E-state index is 13.1. The van der Waals surface area contributed by atoms with Crippen LogP contribution in [0.5, 0.6) is 5.75 Å². The van der Waals surface area contributed by atoms with Crippen LogP contribution >= 0.6 is 0 Å². The molecule has 5 N–H and O–H groups in total. The van der Waals surface area contributed by atoms with Gasteiger partial charge in [-0.05, 0) is 48.1 Å². The van der Waals surface area contributed by atoms with E-state index < -0.39 is 28.2 Å². The zero-order valence-corrected chi connectivity index (χ0v) is 22.8. The minimum atomic E-state index is -3.88. The molecule has 5 atom stereocenters. The van der Waals surface area contributed by atoms with Crippen molar-refractivity contribution in [3.63, 3.8) is 0 Å². The normalized spacial score (nSPS) is 18.4. The molecule has 1 heterocycles. The number of benzene rings is 2. The van der Waals surface area contributed by atoms with Gasteiger partial charge in [-0.3, -0.25) is 4.79 Å². The van der Waals surface area contributed by atoms with E-state index >= 15 is 0 Å². The molecule has 0 bridgehead atoms. The number of ether oxygens (including phenoxy) is 1. The number of unbranched alkanes of at least 4 members (excludes halogenated alkanes) is 1. The fourth-order valence-corrected chi connectivity index (χ4v) is 5.52. The quantitative estimate of drug-likeness (QED) is 0.297. The number of aliphatic hydroxyl groups is 1. The van der Waals surface area contributed by atoms with Crippen molar-refractivity contribution in [3.8, 4) is 5.75 Å². The molecule has 0 aromatic heterocycles. The van der Waals surface area contributed by atoms with Crippen LogP contribution in [-0.4, -0.2) is 50.3 Å². The van der Waals surface area contributed by atoms with Crippen LogP contribution in [0.3, 0.4) is 0 Å². The number of carbonyl (C=O) groups excluding carboxylic acids is 1. The van der Waals surface area contributed by atoms with Crippen molar-refractivity contribution in [1.82, 2.24) is 10.0 Å². The van der Waals surface area contributed by atoms with Crippen molar-refractivity contribution >= 4 is 15.9 Å². The molecule has 0 radical (unpaired) electrons. The summed E-state index contributed by atoms with van der Waals surface area (Å²) >= 11 is 0. The van der Waals surface area contributed by atoms with E-state index in [4.69, 9.17) is 10.5 Å². The zero-order chi connectivity index (χ0) is 27.0. The van der Waals surface area contributed by atoms with Crippen LogP contribution in [0.25, 0.3) is 0 Å². The molecular weight excluding hydrogens is 490 g/mol. The van der Waals surface area contributed by atoms with Gasteiger partial charge in [0.1, 0.15) is 11.9 Å². The Balaban J connectivity index is 1.68. The first-order chi connectivity index (χ1) is 17.6. The molecule has 0 saturated heterocycles. The lowest BCUT2D eigenvalue weighted by Crippen LogP contribution is -2.54. The summed E-state index contributed by atoms with van der Waals surface area (Å²) in [7, 11) is -3.88. The molecule has 3 rings (SSSR count). The van der Waals surface area contributed by atoms with Gasteiger partial charge in [-0.2, -0.15) is 0 Å². The molecule has 2 aromatic carbocycles. The molecule has 1 amide bonds. The Morgan fingerprint density at radius 2 is 1.92 bits per heavy atom. The number of hydrogen-bond donors (Lipinski definition) is 4. The Hall–Kier alpha value is -2.46. The summed E-state index contributed by atoms with van der Waals surface area (Å²) in [6.45, 7) is 5.72. The second kappa shape index (κ2) is 13.4. The van der Waals surface area contributed by atoms with Gasteiger partial charge in [0.05, 0.1) is 23.1 Å². The van der Waals surface area contributed by atoms with Crippen LogP contribution in [0, 0.1) is 5.92 Å². The van der Waals surface area contributed by atoms with Crippen LogP contribution in [0.15, 0.2) is 53.4 Å². The standard InChI is InChI=1S/C28H41N3O5S/c1-4-6-12-22-16-21-17-23(13-14-26(21)36-22)37(34,35)30-18-25(32)24(15-20-10-8-7-9-11-20)31-28(33)27(29)19(3)5-2/h7-11,13-14,17,19,22,24-25,27,30,32H,4-6,12,15-16,18,29H2,1-3H3,(H,31,33)/t19-,22?,24-,25+,27-/m0/s1. The van der Waals surface area contributed by atoms with E-state index in [9.17, 15) is 18.3 Å². The second-order valence-electron chi connectivity index (χ2n) is 9.99. The minimum Gasteiger partial charge on any atom is -0.490 e. The maximum Gasteiger partial charge on any atom is 0.240 e. The Morgan fingerprint density at radius 3 is 2.59 bits per heavy atom. The van der Waals surface area contributed by atoms with Gasteiger partial charge in [-0.1, -0.05) is 70.4 Å². The number of rotatable bonds is 14. The summed E-state index contributed by atoms with van der Waals surface area (Å²) < 4.78 is 34.6. The van der Waals surface area contributed by atoms with Crippen LogP contribution in [0.1, 0.15) is 57.6 Å². The van der Waals surface area contributed by atoms with Gasteiger partial charge >= 0.3 is 0 Å². The third kappa shape index (κ3) is 8.01. The number of nitrogens with one attached hydrogen (secondary N) is 2. The molecule has 0 spiro atoms. The molecule has 0 aliphatic carbocycles. The van der Waals surface area contributed by atoms with E-state index in [1.807, 2.05) is 44.2 Å². The average molecular weight is 532 g/mol. The topological polar surface area (TPSA) is 131 Å². The van der Waals surface area contributed by atoms with Crippen molar-refractivity contribution in [1.29, 1.82) is 0 Å². The zero-order valence-electron chi connectivity index (χ0n) is 22.0. The summed E-state index contributed by atoms with van der Waals surface area (Å²) in [5.41, 5.74) is 7.88. The molecule has 1 unspecified atom stereocenters. The van der Waals surface area contributed by atoms with Crippen molar-refractivity contribution in [3.05, 3.63) is 59.7 Å². The summed E-state index contributed by atoms with van der Waals surface area (Å²) in [5, 5.41) is 13.8. The number of amides is 1. The minimum absolute atomic E-state index is 0.0293. The summed E-state index contributed by atoms with van der Waals surface area (Å²) in [5.74, 6) is 0.329. The van der Waals surface area contributed by atoms with Gasteiger partial charge in [0.25, 0.3) is 0 Å². The first-order valence-electron chi connectivity index (χ1n) is 13.2. The highest BCUT2D eigenvalue weighted by Crippen LogP contribution is 2.32. The Kier molecular flexibility index (Phi) is 10.5. The lowest BCUT2D eigenvalue weighted by Gasteiger charge is -2.27. The first-order valence-corrected chi connectivity index (χ1v) is 14.7. The van der Waals surface area contributed by atoms with E-state index in [-0.39, 0.29) is 29.4 Å². The van der Waals surface area contributed by atoms with Crippen LogP contribution in [0.4, 0.5) is 0 Å². The van der Waals surface area contributed by atoms with E-state index in [2.05, 4.69) is 17.0 Å². The third-order valence-corrected chi connectivity index (χ3v) is 8.52. The number of hydrogen-bond acceptors (Lipinski definition) is 6. The van der Waals surface area contributed by atoms with E-state index in [0.29, 0.717) is 12.8 Å². The van der Waals surface area contributed by atoms with E-state index in [1.165, 1.54) is 6.07 Å². The van der Waals surface area contributed by atoms with Crippen molar-refractivity contribution in [2.24, 2.45) is 11.7 Å². The highest BCUT2D eigenvalue weighted by atomic mass is 32.2. The lowest BCUT2D eigenvalue weighted by molar-refractivity contribution is -0.125. The molecule has 2 aromatic rings. The predicted molar refractivity (Wildman–Crippen MR) is 145 cm³/mol. The van der Waals surface area contributed by atoms with Gasteiger partial charge in [0, 0.05) is 13.0 Å². The Bertz CT molecular complexity index is 1130. The fourth-order valence-electron chi connectivity index (χ4n) is 4.42. The molecule has 8 nitrogen and oxygen atoms in total. The average Bonchev–Trinajstić information content (AvgIpc) is 3.32. The first kappa shape index (κ1) is 29.1. The second-order valence-corrected chi connectivity index (χ2v) is 11.8. The maximum absolute atomic E-state index is 13.1. The van der Waals surface area contributed by atoms with Gasteiger partial charge in [-0.15, -0.1) is 0 Å². The monoisotopic (exact) mass is 531 g/mol. The number of sulfonamides is 1. The van der Waals surface area contributed by atoms with Gasteiger partial charge < -0.3 is 20.9 Å². The van der Waals surface area contributed by atoms with Crippen molar-refractivity contribution in [2.75, 3.05) is 6.54 Å². The predicted octanol–water partition coefficient (Wildman–Crippen LogP) is 2.92. The molecular formula is C28H41N3O5S. The van der Waals surface area contributed by atoms with E-state index in [1.54, 1.807) is 12.1 Å². The number of nitrogens with two attached hydrogens (primary N) is 1. The number of aliphatic hydroxyl groups excluding tert-OH is 1. The molecule has 37 heavy (non-hydrogen) atoms. The third-order valence-electron chi connectivity index (χ3n) is 7.10. The van der Waals surface area contributed by atoms with Crippen LogP contribution < -0.4 is 20.5 Å². The summed E-state index contributed by atoms with van der Waals surface area (Å²) in [6, 6.07) is 12.8. The van der Waals surface area contributed by atoms with Crippen molar-refractivity contribution in [2.45, 2.75) is 88.5 Å². The SMILES string of the molecule is CCCCC1Cc2cc(S(=O)(=O)NC[C@@H](O)[C@H](Cc3ccccc3)NC(=O)[C@@H](N)[C@@H](C)CC)ccc2O1. The number of carbonyl (C=O) groups is 1. The largest absolute Gasteiger partial charge is 0.490 e. The van der Waals surface area contributed by atoms with E-state index in [0.717, 1.165) is 42.6 Å². The molecule has 0 saturated carbocycles. The van der Waals surface area contributed by atoms with Crippen LogP contribution in [-0.2, 0) is 27.7 Å². The number of fused-ring (bicyclic) bond motifs is 1. The molecule has 204 valence electrons. The Morgan fingerprint density at radius 1 is 1.19 bits per heavy atom. The fraction of sp³-hybridized carbons (Fsp3) is 0.536. The van der Waals surface area contributed by atoms with Crippen LogP contribution in [0.2, 0.25) is 0 Å². The lowest BCUT2D eigenvalue weighted by atomic mass is 9.97. The Labute approximate surface area is 221 Å². The molecule has 9 heteroatoms.